The summed E-state index contributed by atoms with van der Waals surface area (Å²) in [5, 5.41) is 3.25. The molecule has 94 valence electrons. The van der Waals surface area contributed by atoms with Crippen LogP contribution in [0.3, 0.4) is 0 Å². The van der Waals surface area contributed by atoms with E-state index in [0.717, 1.165) is 26.2 Å². The second-order valence-corrected chi connectivity index (χ2v) is 4.14. The highest BCUT2D eigenvalue weighted by atomic mass is 16.4. The molecule has 1 aliphatic rings. The molecule has 1 fully saturated rings. The van der Waals surface area contributed by atoms with Gasteiger partial charge in [0, 0.05) is 32.4 Å². The quantitative estimate of drug-likeness (QED) is 0.758. The molecule has 0 bridgehead atoms. The first-order chi connectivity index (χ1) is 8.74. The Bertz CT molecular complexity index is 588. The van der Waals surface area contributed by atoms with Crippen molar-refractivity contribution >= 4 is 23.2 Å². The normalized spacial score (nSPS) is 16.1. The summed E-state index contributed by atoms with van der Waals surface area (Å²) in [5.41, 5.74) is 6.50. The van der Waals surface area contributed by atoms with E-state index in [0.29, 0.717) is 22.8 Å². The van der Waals surface area contributed by atoms with Crippen LogP contribution in [0.15, 0.2) is 16.7 Å². The fraction of sp³-hybridized carbons (Fsp3) is 0.364. The first kappa shape index (κ1) is 11.0. The molecule has 3 N–H and O–H groups in total. The predicted molar refractivity (Wildman–Crippen MR) is 65.4 cm³/mol. The zero-order valence-electron chi connectivity index (χ0n) is 9.72. The average Bonchev–Trinajstić information content (AvgIpc) is 2.82. The van der Waals surface area contributed by atoms with Gasteiger partial charge in [-0.3, -0.25) is 4.79 Å². The fourth-order valence-electron chi connectivity index (χ4n) is 1.93. The molecule has 3 rings (SSSR count). The standard InChI is InChI=1S/C11H13N5O2/c12-9(17)7-5-8-10(14-6-7)15-11(18-8)16-3-1-13-2-4-16/h5-6,13H,1-4H2,(H2,12,17). The molecule has 0 saturated carbocycles. The Hall–Kier alpha value is -2.15. The van der Waals surface area contributed by atoms with Gasteiger partial charge in [-0.15, -0.1) is 0 Å². The van der Waals surface area contributed by atoms with Crippen molar-refractivity contribution in [1.82, 2.24) is 15.3 Å². The minimum absolute atomic E-state index is 0.325. The van der Waals surface area contributed by atoms with Crippen LogP contribution in [0, 0.1) is 0 Å². The molecule has 1 amide bonds. The second-order valence-electron chi connectivity index (χ2n) is 4.14. The third-order valence-corrected chi connectivity index (χ3v) is 2.91. The Labute approximate surface area is 103 Å². The maximum Gasteiger partial charge on any atom is 0.300 e. The number of aromatic nitrogens is 2. The molecular formula is C11H13N5O2. The highest BCUT2D eigenvalue weighted by Crippen LogP contribution is 2.21. The summed E-state index contributed by atoms with van der Waals surface area (Å²) in [5.74, 6) is -0.524. The number of hydrogen-bond acceptors (Lipinski definition) is 6. The van der Waals surface area contributed by atoms with Crippen molar-refractivity contribution in [3.05, 3.63) is 17.8 Å². The van der Waals surface area contributed by atoms with Crippen molar-refractivity contribution in [2.45, 2.75) is 0 Å². The highest BCUT2D eigenvalue weighted by Gasteiger charge is 2.17. The van der Waals surface area contributed by atoms with Gasteiger partial charge in [0.15, 0.2) is 5.58 Å². The number of carbonyl (C=O) groups excluding carboxylic acids is 1. The second kappa shape index (κ2) is 4.26. The lowest BCUT2D eigenvalue weighted by atomic mass is 10.3. The number of nitrogens with zero attached hydrogens (tertiary/aromatic N) is 3. The smallest absolute Gasteiger partial charge is 0.300 e. The van der Waals surface area contributed by atoms with Crippen molar-refractivity contribution in [3.63, 3.8) is 0 Å². The molecule has 0 aliphatic carbocycles. The molecule has 0 unspecified atom stereocenters. The molecule has 2 aromatic rings. The van der Waals surface area contributed by atoms with E-state index in [1.54, 1.807) is 6.07 Å². The van der Waals surface area contributed by atoms with Crippen LogP contribution < -0.4 is 16.0 Å². The van der Waals surface area contributed by atoms with Crippen LogP contribution in [0.4, 0.5) is 6.01 Å². The number of primary amides is 1. The maximum atomic E-state index is 11.1. The van der Waals surface area contributed by atoms with Gasteiger partial charge in [0.05, 0.1) is 5.56 Å². The summed E-state index contributed by atoms with van der Waals surface area (Å²) in [6, 6.07) is 2.12. The van der Waals surface area contributed by atoms with Crippen molar-refractivity contribution in [1.29, 1.82) is 0 Å². The molecule has 1 saturated heterocycles. The molecule has 7 heteroatoms. The summed E-state index contributed by atoms with van der Waals surface area (Å²) in [6.45, 7) is 3.49. The molecular weight excluding hydrogens is 234 g/mol. The summed E-state index contributed by atoms with van der Waals surface area (Å²) in [6.07, 6.45) is 1.41. The molecule has 0 radical (unpaired) electrons. The Morgan fingerprint density at radius 1 is 1.44 bits per heavy atom. The van der Waals surface area contributed by atoms with Gasteiger partial charge in [0.1, 0.15) is 0 Å². The molecule has 0 aromatic carbocycles. The van der Waals surface area contributed by atoms with Gasteiger partial charge in [-0.2, -0.15) is 4.98 Å². The first-order valence-corrected chi connectivity index (χ1v) is 5.76. The maximum absolute atomic E-state index is 11.1. The molecule has 2 aromatic heterocycles. The van der Waals surface area contributed by atoms with Crippen LogP contribution in [-0.4, -0.2) is 42.1 Å². The topological polar surface area (TPSA) is 97.3 Å². The van der Waals surface area contributed by atoms with E-state index in [2.05, 4.69) is 15.3 Å². The molecule has 3 heterocycles. The number of anilines is 1. The predicted octanol–water partition coefficient (Wildman–Crippen LogP) is -0.269. The van der Waals surface area contributed by atoms with Gasteiger partial charge in [-0.1, -0.05) is 0 Å². The number of fused-ring (bicyclic) bond motifs is 1. The Balaban J connectivity index is 1.97. The van der Waals surface area contributed by atoms with Crippen molar-refractivity contribution in [2.75, 3.05) is 31.1 Å². The monoisotopic (exact) mass is 247 g/mol. The van der Waals surface area contributed by atoms with Crippen LogP contribution in [0.5, 0.6) is 0 Å². The number of oxazole rings is 1. The zero-order chi connectivity index (χ0) is 12.5. The number of hydrogen-bond donors (Lipinski definition) is 2. The summed E-state index contributed by atoms with van der Waals surface area (Å²) in [7, 11) is 0. The largest absolute Gasteiger partial charge is 0.422 e. The highest BCUT2D eigenvalue weighted by molar-refractivity contribution is 5.94. The van der Waals surface area contributed by atoms with Gasteiger partial charge in [-0.25, -0.2) is 4.98 Å². The van der Waals surface area contributed by atoms with Crippen molar-refractivity contribution in [3.8, 4) is 0 Å². The number of nitrogens with one attached hydrogen (secondary N) is 1. The minimum Gasteiger partial charge on any atom is -0.422 e. The van der Waals surface area contributed by atoms with Gasteiger partial charge >= 0.3 is 0 Å². The molecule has 0 spiro atoms. The van der Waals surface area contributed by atoms with Crippen LogP contribution in [0.1, 0.15) is 10.4 Å². The van der Waals surface area contributed by atoms with Gasteiger partial charge in [-0.05, 0) is 6.07 Å². The minimum atomic E-state index is -0.524. The number of nitrogens with two attached hydrogens (primary N) is 1. The average molecular weight is 247 g/mol. The Kier molecular flexibility index (Phi) is 2.60. The van der Waals surface area contributed by atoms with Crippen LogP contribution in [0.25, 0.3) is 11.2 Å². The summed E-state index contributed by atoms with van der Waals surface area (Å²) < 4.78 is 5.62. The van der Waals surface area contributed by atoms with Crippen LogP contribution in [-0.2, 0) is 0 Å². The van der Waals surface area contributed by atoms with E-state index in [1.165, 1.54) is 6.20 Å². The van der Waals surface area contributed by atoms with Crippen molar-refractivity contribution in [2.24, 2.45) is 5.73 Å². The Morgan fingerprint density at radius 2 is 2.22 bits per heavy atom. The third-order valence-electron chi connectivity index (χ3n) is 2.91. The fourth-order valence-corrected chi connectivity index (χ4v) is 1.93. The van der Waals surface area contributed by atoms with Gasteiger partial charge in [0.25, 0.3) is 6.01 Å². The molecule has 18 heavy (non-hydrogen) atoms. The molecule has 0 atom stereocenters. The van der Waals surface area contributed by atoms with Gasteiger partial charge < -0.3 is 20.4 Å². The van der Waals surface area contributed by atoms with E-state index in [4.69, 9.17) is 10.2 Å². The van der Waals surface area contributed by atoms with Crippen LogP contribution in [0.2, 0.25) is 0 Å². The van der Waals surface area contributed by atoms with E-state index in [9.17, 15) is 4.79 Å². The van der Waals surface area contributed by atoms with Crippen molar-refractivity contribution < 1.29 is 9.21 Å². The zero-order valence-corrected chi connectivity index (χ0v) is 9.72. The number of amides is 1. The van der Waals surface area contributed by atoms with E-state index in [-0.39, 0.29) is 0 Å². The third kappa shape index (κ3) is 1.88. The van der Waals surface area contributed by atoms with Crippen LogP contribution >= 0.6 is 0 Å². The van der Waals surface area contributed by atoms with E-state index in [1.807, 2.05) is 4.90 Å². The number of piperazine rings is 1. The lowest BCUT2D eigenvalue weighted by Crippen LogP contribution is -2.43. The Morgan fingerprint density at radius 3 is 2.94 bits per heavy atom. The summed E-state index contributed by atoms with van der Waals surface area (Å²) in [4.78, 5) is 21.5. The van der Waals surface area contributed by atoms with Gasteiger partial charge in [0.2, 0.25) is 11.6 Å². The first-order valence-electron chi connectivity index (χ1n) is 5.76. The SMILES string of the molecule is NC(=O)c1cnc2nc(N3CCNCC3)oc2c1. The number of carbonyl (C=O) groups is 1. The molecule has 1 aliphatic heterocycles. The number of pyridine rings is 1. The lowest BCUT2D eigenvalue weighted by Gasteiger charge is -2.25. The lowest BCUT2D eigenvalue weighted by molar-refractivity contribution is 0.1000. The van der Waals surface area contributed by atoms with E-state index < -0.39 is 5.91 Å². The van der Waals surface area contributed by atoms with E-state index >= 15 is 0 Å². The molecule has 7 nitrogen and oxygen atoms in total. The number of rotatable bonds is 2. The summed E-state index contributed by atoms with van der Waals surface area (Å²) >= 11 is 0.